The van der Waals surface area contributed by atoms with Gasteiger partial charge >= 0.3 is 0 Å². The van der Waals surface area contributed by atoms with Crippen molar-refractivity contribution in [3.63, 3.8) is 0 Å². The maximum atomic E-state index is 11.8. The van der Waals surface area contributed by atoms with E-state index < -0.39 is 0 Å². The number of amides is 1. The van der Waals surface area contributed by atoms with Crippen molar-refractivity contribution < 1.29 is 9.53 Å². The molecule has 0 spiro atoms. The fourth-order valence-electron chi connectivity index (χ4n) is 2.29. The Labute approximate surface area is 101 Å². The van der Waals surface area contributed by atoms with Gasteiger partial charge in [0.1, 0.15) is 5.69 Å². The Morgan fingerprint density at radius 2 is 2.53 bits per heavy atom. The van der Waals surface area contributed by atoms with E-state index >= 15 is 0 Å². The SMILES string of the molecule is COCC1(CNC(=O)c2ccc[nH]2)CCCN1. The van der Waals surface area contributed by atoms with Crippen LogP contribution in [-0.2, 0) is 4.74 Å². The van der Waals surface area contributed by atoms with Gasteiger partial charge < -0.3 is 20.4 Å². The predicted octanol–water partition coefficient (Wildman–Crippen LogP) is 0.513. The van der Waals surface area contributed by atoms with E-state index in [1.165, 1.54) is 0 Å². The van der Waals surface area contributed by atoms with Crippen LogP contribution in [0.15, 0.2) is 18.3 Å². The molecular formula is C12H19N3O2. The van der Waals surface area contributed by atoms with Crippen molar-refractivity contribution in [3.05, 3.63) is 24.0 Å². The molecule has 1 aliphatic heterocycles. The molecule has 0 saturated carbocycles. The smallest absolute Gasteiger partial charge is 0.267 e. The number of nitrogens with one attached hydrogen (secondary N) is 3. The third kappa shape index (κ3) is 2.87. The summed E-state index contributed by atoms with van der Waals surface area (Å²) in [7, 11) is 1.69. The summed E-state index contributed by atoms with van der Waals surface area (Å²) in [5, 5.41) is 6.36. The van der Waals surface area contributed by atoms with Crippen molar-refractivity contribution in [1.82, 2.24) is 15.6 Å². The molecule has 94 valence electrons. The maximum Gasteiger partial charge on any atom is 0.267 e. The number of ether oxygens (including phenoxy) is 1. The van der Waals surface area contributed by atoms with Crippen LogP contribution in [0.4, 0.5) is 0 Å². The van der Waals surface area contributed by atoms with E-state index in [0.29, 0.717) is 18.8 Å². The standard InChI is InChI=1S/C12H19N3O2/c1-17-9-12(5-3-7-15-12)8-14-11(16)10-4-2-6-13-10/h2,4,6,13,15H,3,5,7-9H2,1H3,(H,14,16). The Balaban J connectivity index is 1.89. The molecule has 1 amide bonds. The molecule has 2 heterocycles. The summed E-state index contributed by atoms with van der Waals surface area (Å²) in [6.45, 7) is 2.21. The van der Waals surface area contributed by atoms with Crippen LogP contribution < -0.4 is 10.6 Å². The van der Waals surface area contributed by atoms with E-state index in [0.717, 1.165) is 19.4 Å². The van der Waals surface area contributed by atoms with Crippen molar-refractivity contribution in [2.24, 2.45) is 0 Å². The van der Waals surface area contributed by atoms with Crippen LogP contribution >= 0.6 is 0 Å². The number of hydrogen-bond acceptors (Lipinski definition) is 3. The van der Waals surface area contributed by atoms with Gasteiger partial charge in [0.25, 0.3) is 5.91 Å². The molecule has 3 N–H and O–H groups in total. The Morgan fingerprint density at radius 3 is 3.12 bits per heavy atom. The minimum atomic E-state index is -0.100. The molecule has 1 unspecified atom stereocenters. The molecule has 0 aliphatic carbocycles. The first-order valence-electron chi connectivity index (χ1n) is 5.91. The van der Waals surface area contributed by atoms with E-state index in [2.05, 4.69) is 15.6 Å². The second-order valence-electron chi connectivity index (χ2n) is 4.51. The van der Waals surface area contributed by atoms with E-state index in [1.807, 2.05) is 6.07 Å². The summed E-state index contributed by atoms with van der Waals surface area (Å²) in [6.07, 6.45) is 3.90. The quantitative estimate of drug-likeness (QED) is 0.699. The van der Waals surface area contributed by atoms with Crippen LogP contribution in [0.2, 0.25) is 0 Å². The Kier molecular flexibility index (Phi) is 3.81. The largest absolute Gasteiger partial charge is 0.383 e. The zero-order valence-electron chi connectivity index (χ0n) is 10.1. The molecule has 1 atom stereocenters. The summed E-state index contributed by atoms with van der Waals surface area (Å²) in [5.41, 5.74) is 0.493. The van der Waals surface area contributed by atoms with Gasteiger partial charge in [-0.1, -0.05) is 0 Å². The molecule has 1 fully saturated rings. The van der Waals surface area contributed by atoms with E-state index in [1.54, 1.807) is 19.4 Å². The molecule has 2 rings (SSSR count). The summed E-state index contributed by atoms with van der Waals surface area (Å²) >= 11 is 0. The molecule has 5 nitrogen and oxygen atoms in total. The van der Waals surface area contributed by atoms with Crippen LogP contribution in [0.5, 0.6) is 0 Å². The average molecular weight is 237 g/mol. The van der Waals surface area contributed by atoms with Crippen LogP contribution in [0, 0.1) is 0 Å². The maximum absolute atomic E-state index is 11.8. The van der Waals surface area contributed by atoms with Crippen molar-refractivity contribution >= 4 is 5.91 Å². The fourth-order valence-corrected chi connectivity index (χ4v) is 2.29. The van der Waals surface area contributed by atoms with Gasteiger partial charge in [-0.15, -0.1) is 0 Å². The number of H-pyrrole nitrogens is 1. The third-order valence-electron chi connectivity index (χ3n) is 3.18. The monoisotopic (exact) mass is 237 g/mol. The van der Waals surface area contributed by atoms with Gasteiger partial charge in [0.05, 0.1) is 12.1 Å². The van der Waals surface area contributed by atoms with Crippen LogP contribution in [-0.4, -0.2) is 43.2 Å². The lowest BCUT2D eigenvalue weighted by molar-refractivity contribution is 0.0888. The summed E-state index contributed by atoms with van der Waals surface area (Å²) in [4.78, 5) is 14.7. The first-order chi connectivity index (χ1) is 8.26. The molecule has 5 heteroatoms. The predicted molar refractivity (Wildman–Crippen MR) is 65.0 cm³/mol. The minimum Gasteiger partial charge on any atom is -0.383 e. The molecule has 1 aliphatic rings. The van der Waals surface area contributed by atoms with Crippen molar-refractivity contribution in [2.75, 3.05) is 26.8 Å². The molecular weight excluding hydrogens is 218 g/mol. The van der Waals surface area contributed by atoms with Crippen molar-refractivity contribution in [3.8, 4) is 0 Å². The Bertz CT molecular complexity index is 356. The van der Waals surface area contributed by atoms with Gasteiger partial charge in [0.15, 0.2) is 0 Å². The Morgan fingerprint density at radius 1 is 1.65 bits per heavy atom. The van der Waals surface area contributed by atoms with Gasteiger partial charge in [-0.2, -0.15) is 0 Å². The lowest BCUT2D eigenvalue weighted by atomic mass is 9.98. The van der Waals surface area contributed by atoms with Gasteiger partial charge in [0.2, 0.25) is 0 Å². The second-order valence-corrected chi connectivity index (χ2v) is 4.51. The van der Waals surface area contributed by atoms with E-state index in [4.69, 9.17) is 4.74 Å². The number of hydrogen-bond donors (Lipinski definition) is 3. The number of methoxy groups -OCH3 is 1. The summed E-state index contributed by atoms with van der Waals surface area (Å²) in [6, 6.07) is 3.58. The highest BCUT2D eigenvalue weighted by molar-refractivity contribution is 5.92. The van der Waals surface area contributed by atoms with Crippen LogP contribution in [0.3, 0.4) is 0 Å². The molecule has 1 aromatic heterocycles. The van der Waals surface area contributed by atoms with E-state index in [9.17, 15) is 4.79 Å². The normalized spacial score (nSPS) is 23.8. The highest BCUT2D eigenvalue weighted by atomic mass is 16.5. The zero-order chi connectivity index (χ0) is 12.1. The number of aromatic amines is 1. The first-order valence-corrected chi connectivity index (χ1v) is 5.91. The first kappa shape index (κ1) is 12.1. The number of rotatable bonds is 5. The van der Waals surface area contributed by atoms with Gasteiger partial charge in [-0.05, 0) is 31.5 Å². The highest BCUT2D eigenvalue weighted by Gasteiger charge is 2.33. The van der Waals surface area contributed by atoms with Gasteiger partial charge in [0, 0.05) is 19.9 Å². The zero-order valence-corrected chi connectivity index (χ0v) is 10.1. The molecule has 0 radical (unpaired) electrons. The molecule has 1 saturated heterocycles. The van der Waals surface area contributed by atoms with Crippen LogP contribution in [0.1, 0.15) is 23.3 Å². The van der Waals surface area contributed by atoms with Gasteiger partial charge in [-0.25, -0.2) is 0 Å². The number of carbonyl (C=O) groups is 1. The fraction of sp³-hybridized carbons (Fsp3) is 0.583. The number of aromatic nitrogens is 1. The Hall–Kier alpha value is -1.33. The molecule has 17 heavy (non-hydrogen) atoms. The van der Waals surface area contributed by atoms with E-state index in [-0.39, 0.29) is 11.4 Å². The topological polar surface area (TPSA) is 66.1 Å². The van der Waals surface area contributed by atoms with Gasteiger partial charge in [-0.3, -0.25) is 4.79 Å². The van der Waals surface area contributed by atoms with Crippen molar-refractivity contribution in [1.29, 1.82) is 0 Å². The minimum absolute atomic E-state index is 0.0702. The lowest BCUT2D eigenvalue weighted by Crippen LogP contribution is -2.53. The molecule has 0 aromatic carbocycles. The number of carbonyl (C=O) groups excluding carboxylic acids is 1. The average Bonchev–Trinajstić information content (AvgIpc) is 2.98. The summed E-state index contributed by atoms with van der Waals surface area (Å²) < 4.78 is 5.23. The molecule has 0 bridgehead atoms. The molecule has 1 aromatic rings. The third-order valence-corrected chi connectivity index (χ3v) is 3.18. The lowest BCUT2D eigenvalue weighted by Gasteiger charge is -2.28. The second kappa shape index (κ2) is 5.33. The summed E-state index contributed by atoms with van der Waals surface area (Å²) in [5.74, 6) is -0.0702. The van der Waals surface area contributed by atoms with Crippen LogP contribution in [0.25, 0.3) is 0 Å². The highest BCUT2D eigenvalue weighted by Crippen LogP contribution is 2.18. The van der Waals surface area contributed by atoms with Crippen molar-refractivity contribution in [2.45, 2.75) is 18.4 Å².